The van der Waals surface area contributed by atoms with E-state index in [-0.39, 0.29) is 12.0 Å². The highest BCUT2D eigenvalue weighted by atomic mass is 16.5. The SMILES string of the molecule is C=CC[C@@H](O)C[C@H](O)[C@H](C)[C@H](OCc1ccccc1)c1ccccc1. The fraction of sp³-hybridized carbons (Fsp3) is 0.364. The summed E-state index contributed by atoms with van der Waals surface area (Å²) in [7, 11) is 0. The Balaban J connectivity index is 2.09. The number of ether oxygens (including phenoxy) is 1. The van der Waals surface area contributed by atoms with Crippen LogP contribution in [0.2, 0.25) is 0 Å². The molecular formula is C22H28O3. The Morgan fingerprint density at radius 3 is 2.20 bits per heavy atom. The third kappa shape index (κ3) is 6.13. The van der Waals surface area contributed by atoms with E-state index >= 15 is 0 Å². The van der Waals surface area contributed by atoms with Crippen LogP contribution >= 0.6 is 0 Å². The van der Waals surface area contributed by atoms with E-state index in [1.807, 2.05) is 67.6 Å². The molecule has 0 aliphatic heterocycles. The van der Waals surface area contributed by atoms with Gasteiger partial charge in [-0.15, -0.1) is 6.58 Å². The van der Waals surface area contributed by atoms with E-state index < -0.39 is 12.2 Å². The molecule has 3 nitrogen and oxygen atoms in total. The summed E-state index contributed by atoms with van der Waals surface area (Å²) in [5.41, 5.74) is 2.13. The van der Waals surface area contributed by atoms with Crippen molar-refractivity contribution in [1.82, 2.24) is 0 Å². The van der Waals surface area contributed by atoms with Gasteiger partial charge in [-0.2, -0.15) is 0 Å². The summed E-state index contributed by atoms with van der Waals surface area (Å²) in [6.45, 7) is 6.08. The molecule has 2 N–H and O–H groups in total. The van der Waals surface area contributed by atoms with E-state index in [1.165, 1.54) is 0 Å². The molecule has 4 atom stereocenters. The monoisotopic (exact) mass is 340 g/mol. The van der Waals surface area contributed by atoms with Gasteiger partial charge in [-0.3, -0.25) is 0 Å². The first-order valence-corrected chi connectivity index (χ1v) is 8.79. The van der Waals surface area contributed by atoms with E-state index in [1.54, 1.807) is 6.08 Å². The average molecular weight is 340 g/mol. The van der Waals surface area contributed by atoms with Crippen molar-refractivity contribution >= 4 is 0 Å². The Hall–Kier alpha value is -1.94. The van der Waals surface area contributed by atoms with Crippen LogP contribution in [-0.2, 0) is 11.3 Å². The van der Waals surface area contributed by atoms with Gasteiger partial charge in [0.15, 0.2) is 0 Å². The molecule has 2 aromatic carbocycles. The molecular weight excluding hydrogens is 312 g/mol. The molecule has 0 saturated carbocycles. The standard InChI is InChI=1S/C22H28O3/c1-3-10-20(23)15-21(24)17(2)22(19-13-8-5-9-14-19)25-16-18-11-6-4-7-12-18/h3-9,11-14,17,20-24H,1,10,15-16H2,2H3/t17-,20+,21-,22-/m0/s1. The van der Waals surface area contributed by atoms with Gasteiger partial charge < -0.3 is 14.9 Å². The smallest absolute Gasteiger partial charge is 0.0879 e. The van der Waals surface area contributed by atoms with E-state index in [9.17, 15) is 10.2 Å². The van der Waals surface area contributed by atoms with E-state index in [0.717, 1.165) is 11.1 Å². The zero-order chi connectivity index (χ0) is 18.1. The molecule has 0 spiro atoms. The molecule has 0 saturated heterocycles. The van der Waals surface area contributed by atoms with Gasteiger partial charge in [0.05, 0.1) is 24.9 Å². The molecule has 0 aliphatic rings. The highest BCUT2D eigenvalue weighted by Crippen LogP contribution is 2.31. The number of hydrogen-bond acceptors (Lipinski definition) is 3. The van der Waals surface area contributed by atoms with Crippen molar-refractivity contribution in [2.45, 2.75) is 44.7 Å². The lowest BCUT2D eigenvalue weighted by Crippen LogP contribution is -2.29. The van der Waals surface area contributed by atoms with Gasteiger partial charge in [0, 0.05) is 5.92 Å². The molecule has 134 valence electrons. The Morgan fingerprint density at radius 2 is 1.60 bits per heavy atom. The van der Waals surface area contributed by atoms with Crippen LogP contribution in [0.15, 0.2) is 73.3 Å². The second kappa shape index (κ2) is 10.1. The van der Waals surface area contributed by atoms with Gasteiger partial charge >= 0.3 is 0 Å². The third-order valence-corrected chi connectivity index (χ3v) is 4.44. The van der Waals surface area contributed by atoms with Crippen LogP contribution < -0.4 is 0 Å². The van der Waals surface area contributed by atoms with Crippen LogP contribution in [0.25, 0.3) is 0 Å². The second-order valence-corrected chi connectivity index (χ2v) is 6.47. The summed E-state index contributed by atoms with van der Waals surface area (Å²) < 4.78 is 6.18. The summed E-state index contributed by atoms with van der Waals surface area (Å²) in [6.07, 6.45) is 0.974. The molecule has 0 heterocycles. The lowest BCUT2D eigenvalue weighted by molar-refractivity contribution is -0.0522. The first kappa shape index (κ1) is 19.4. The molecule has 3 heteroatoms. The maximum Gasteiger partial charge on any atom is 0.0879 e. The number of aliphatic hydroxyl groups is 2. The summed E-state index contributed by atoms with van der Waals surface area (Å²) in [6, 6.07) is 19.9. The average Bonchev–Trinajstić information content (AvgIpc) is 2.63. The molecule has 0 aromatic heterocycles. The van der Waals surface area contributed by atoms with Crippen LogP contribution in [0.4, 0.5) is 0 Å². The highest BCUT2D eigenvalue weighted by Gasteiger charge is 2.28. The fourth-order valence-electron chi connectivity index (χ4n) is 2.94. The molecule has 25 heavy (non-hydrogen) atoms. The Kier molecular flexibility index (Phi) is 7.86. The minimum absolute atomic E-state index is 0.148. The topological polar surface area (TPSA) is 49.7 Å². The summed E-state index contributed by atoms with van der Waals surface area (Å²) in [5, 5.41) is 20.5. The van der Waals surface area contributed by atoms with Crippen LogP contribution in [0.3, 0.4) is 0 Å². The van der Waals surface area contributed by atoms with Crippen molar-refractivity contribution in [3.8, 4) is 0 Å². The minimum Gasteiger partial charge on any atom is -0.393 e. The van der Waals surface area contributed by atoms with Crippen molar-refractivity contribution in [3.05, 3.63) is 84.4 Å². The van der Waals surface area contributed by atoms with Gasteiger partial charge in [-0.25, -0.2) is 0 Å². The highest BCUT2D eigenvalue weighted by molar-refractivity contribution is 5.19. The van der Waals surface area contributed by atoms with Gasteiger partial charge in [0.2, 0.25) is 0 Å². The number of benzene rings is 2. The van der Waals surface area contributed by atoms with Crippen molar-refractivity contribution in [3.63, 3.8) is 0 Å². The Labute approximate surface area is 150 Å². The maximum absolute atomic E-state index is 10.6. The van der Waals surface area contributed by atoms with Crippen molar-refractivity contribution in [2.75, 3.05) is 0 Å². The van der Waals surface area contributed by atoms with E-state index in [2.05, 4.69) is 6.58 Å². The van der Waals surface area contributed by atoms with Crippen LogP contribution in [0.5, 0.6) is 0 Å². The zero-order valence-electron chi connectivity index (χ0n) is 14.8. The first-order valence-electron chi connectivity index (χ1n) is 8.79. The molecule has 2 rings (SSSR count). The Morgan fingerprint density at radius 1 is 1.00 bits per heavy atom. The number of rotatable bonds is 10. The fourth-order valence-corrected chi connectivity index (χ4v) is 2.94. The summed E-state index contributed by atoms with van der Waals surface area (Å²) in [5.74, 6) is -0.148. The Bertz CT molecular complexity index is 612. The molecule has 0 aliphatic carbocycles. The van der Waals surface area contributed by atoms with Crippen molar-refractivity contribution < 1.29 is 14.9 Å². The van der Waals surface area contributed by atoms with Crippen molar-refractivity contribution in [1.29, 1.82) is 0 Å². The van der Waals surface area contributed by atoms with Crippen LogP contribution in [0, 0.1) is 5.92 Å². The lowest BCUT2D eigenvalue weighted by atomic mass is 9.89. The van der Waals surface area contributed by atoms with Gasteiger partial charge in [-0.05, 0) is 24.0 Å². The minimum atomic E-state index is -0.657. The van der Waals surface area contributed by atoms with Crippen LogP contribution in [0.1, 0.15) is 37.0 Å². The van der Waals surface area contributed by atoms with Gasteiger partial charge in [0.25, 0.3) is 0 Å². The van der Waals surface area contributed by atoms with E-state index in [4.69, 9.17) is 4.74 Å². The van der Waals surface area contributed by atoms with Gasteiger partial charge in [-0.1, -0.05) is 73.7 Å². The summed E-state index contributed by atoms with van der Waals surface area (Å²) in [4.78, 5) is 0. The first-order chi connectivity index (χ1) is 12.1. The maximum atomic E-state index is 10.6. The molecule has 2 aromatic rings. The van der Waals surface area contributed by atoms with E-state index in [0.29, 0.717) is 19.4 Å². The number of hydrogen-bond donors (Lipinski definition) is 2. The van der Waals surface area contributed by atoms with Crippen molar-refractivity contribution in [2.24, 2.45) is 5.92 Å². The molecule has 0 amide bonds. The summed E-state index contributed by atoms with van der Waals surface area (Å²) >= 11 is 0. The second-order valence-electron chi connectivity index (χ2n) is 6.47. The molecule has 0 bridgehead atoms. The largest absolute Gasteiger partial charge is 0.393 e. The molecule has 0 fully saturated rings. The molecule has 0 radical (unpaired) electrons. The van der Waals surface area contributed by atoms with Gasteiger partial charge in [0.1, 0.15) is 0 Å². The molecule has 0 unspecified atom stereocenters. The quantitative estimate of drug-likeness (QED) is 0.635. The predicted octanol–water partition coefficient (Wildman–Crippen LogP) is 4.27. The normalized spacial score (nSPS) is 16.0. The lowest BCUT2D eigenvalue weighted by Gasteiger charge is -2.29. The number of aliphatic hydroxyl groups excluding tert-OH is 2. The third-order valence-electron chi connectivity index (χ3n) is 4.44. The van der Waals surface area contributed by atoms with Crippen LogP contribution in [-0.4, -0.2) is 22.4 Å². The zero-order valence-corrected chi connectivity index (χ0v) is 14.8. The predicted molar refractivity (Wildman–Crippen MR) is 101 cm³/mol.